The molecular formula is C14H28N4O2. The maximum atomic E-state index is 12.8. The van der Waals surface area contributed by atoms with E-state index in [0.717, 1.165) is 52.4 Å². The molecule has 20 heavy (non-hydrogen) atoms. The summed E-state index contributed by atoms with van der Waals surface area (Å²) in [5, 5.41) is 12.3. The Morgan fingerprint density at radius 3 is 2.25 bits per heavy atom. The van der Waals surface area contributed by atoms with Crippen LogP contribution in [0, 0.1) is 0 Å². The number of β-amino-alcohol motifs (C(OH)–C–C–N with tert-alkyl or cyclic N) is 1. The highest BCUT2D eigenvalue weighted by Gasteiger charge is 2.38. The summed E-state index contributed by atoms with van der Waals surface area (Å²) in [4.78, 5) is 19.3. The van der Waals surface area contributed by atoms with E-state index in [0.29, 0.717) is 6.54 Å². The Bertz CT molecular complexity index is 321. The van der Waals surface area contributed by atoms with Crippen LogP contribution in [0.2, 0.25) is 0 Å². The van der Waals surface area contributed by atoms with Gasteiger partial charge in [0.15, 0.2) is 0 Å². The molecule has 0 saturated carbocycles. The van der Waals surface area contributed by atoms with E-state index in [9.17, 15) is 4.79 Å². The third kappa shape index (κ3) is 3.49. The summed E-state index contributed by atoms with van der Waals surface area (Å²) in [7, 11) is 0. The van der Waals surface area contributed by atoms with Crippen LogP contribution in [0.25, 0.3) is 0 Å². The summed E-state index contributed by atoms with van der Waals surface area (Å²) in [5.74, 6) is 0.239. The molecule has 2 saturated heterocycles. The predicted molar refractivity (Wildman–Crippen MR) is 78.6 cm³/mol. The number of hydrogen-bond donors (Lipinski definition) is 2. The zero-order valence-corrected chi connectivity index (χ0v) is 12.8. The number of carbonyl (C=O) groups excluding carboxylic acids is 1. The van der Waals surface area contributed by atoms with Gasteiger partial charge in [0.25, 0.3) is 0 Å². The van der Waals surface area contributed by atoms with Crippen LogP contribution in [-0.4, -0.2) is 96.8 Å². The quantitative estimate of drug-likeness (QED) is 0.680. The number of hydrogen-bond acceptors (Lipinski definition) is 5. The topological polar surface area (TPSA) is 59.1 Å². The first-order valence-corrected chi connectivity index (χ1v) is 7.64. The molecule has 0 aromatic heterocycles. The van der Waals surface area contributed by atoms with Gasteiger partial charge in [-0.25, -0.2) is 0 Å². The molecule has 0 aliphatic carbocycles. The van der Waals surface area contributed by atoms with Gasteiger partial charge in [-0.2, -0.15) is 0 Å². The largest absolute Gasteiger partial charge is 0.395 e. The molecule has 6 heteroatoms. The maximum absolute atomic E-state index is 12.8. The van der Waals surface area contributed by atoms with Gasteiger partial charge in [-0.05, 0) is 13.8 Å². The second kappa shape index (κ2) is 6.85. The van der Waals surface area contributed by atoms with Crippen molar-refractivity contribution in [3.8, 4) is 0 Å². The van der Waals surface area contributed by atoms with Crippen molar-refractivity contribution < 1.29 is 9.90 Å². The fourth-order valence-electron chi connectivity index (χ4n) is 3.06. The van der Waals surface area contributed by atoms with Gasteiger partial charge in [-0.3, -0.25) is 14.6 Å². The normalized spacial score (nSPS) is 23.1. The first-order chi connectivity index (χ1) is 9.55. The second-order valence-electron chi connectivity index (χ2n) is 6.15. The molecule has 0 atom stereocenters. The Morgan fingerprint density at radius 2 is 1.70 bits per heavy atom. The molecule has 116 valence electrons. The van der Waals surface area contributed by atoms with Crippen LogP contribution >= 0.6 is 0 Å². The van der Waals surface area contributed by atoms with Crippen LogP contribution in [0.4, 0.5) is 0 Å². The fraction of sp³-hybridized carbons (Fsp3) is 0.929. The molecule has 2 aliphatic heterocycles. The monoisotopic (exact) mass is 284 g/mol. The molecule has 0 unspecified atom stereocenters. The summed E-state index contributed by atoms with van der Waals surface area (Å²) in [6.07, 6.45) is 0. The molecule has 0 bridgehead atoms. The molecule has 2 rings (SSSR count). The van der Waals surface area contributed by atoms with Gasteiger partial charge in [-0.1, -0.05) is 0 Å². The fourth-order valence-corrected chi connectivity index (χ4v) is 3.06. The van der Waals surface area contributed by atoms with Crippen molar-refractivity contribution in [2.75, 3.05) is 65.5 Å². The van der Waals surface area contributed by atoms with E-state index in [4.69, 9.17) is 5.11 Å². The molecule has 2 fully saturated rings. The van der Waals surface area contributed by atoms with Crippen molar-refractivity contribution in [1.29, 1.82) is 0 Å². The minimum absolute atomic E-state index is 0.195. The lowest BCUT2D eigenvalue weighted by atomic mass is 9.99. The highest BCUT2D eigenvalue weighted by molar-refractivity contribution is 5.85. The van der Waals surface area contributed by atoms with Crippen LogP contribution in [0.15, 0.2) is 0 Å². The third-order valence-electron chi connectivity index (χ3n) is 4.51. The zero-order valence-electron chi connectivity index (χ0n) is 12.8. The number of aliphatic hydroxyl groups excluding tert-OH is 1. The van der Waals surface area contributed by atoms with E-state index in [-0.39, 0.29) is 12.5 Å². The highest BCUT2D eigenvalue weighted by atomic mass is 16.3. The van der Waals surface area contributed by atoms with Crippen LogP contribution in [-0.2, 0) is 4.79 Å². The Balaban J connectivity index is 1.90. The molecule has 1 amide bonds. The zero-order chi connectivity index (χ0) is 14.6. The molecular weight excluding hydrogens is 256 g/mol. The van der Waals surface area contributed by atoms with E-state index in [1.807, 2.05) is 18.7 Å². The van der Waals surface area contributed by atoms with Crippen molar-refractivity contribution in [2.45, 2.75) is 19.4 Å². The van der Waals surface area contributed by atoms with Crippen LogP contribution < -0.4 is 5.32 Å². The number of carbonyl (C=O) groups is 1. The standard InChI is InChI=1S/C14H28N4O2/c1-14(2,18-5-3-15-4-6-18)13(20)17-9-7-16(8-10-17)11-12-19/h15,19H,3-12H2,1-2H3. The van der Waals surface area contributed by atoms with Gasteiger partial charge in [0, 0.05) is 58.9 Å². The number of amides is 1. The molecule has 2 heterocycles. The SMILES string of the molecule is CC(C)(C(=O)N1CCN(CCO)CC1)N1CCNCC1. The van der Waals surface area contributed by atoms with Crippen molar-refractivity contribution in [2.24, 2.45) is 0 Å². The molecule has 0 aromatic carbocycles. The van der Waals surface area contributed by atoms with Gasteiger partial charge in [0.2, 0.25) is 5.91 Å². The molecule has 0 aromatic rings. The summed E-state index contributed by atoms with van der Waals surface area (Å²) in [5.41, 5.74) is -0.415. The summed E-state index contributed by atoms with van der Waals surface area (Å²) in [6.45, 7) is 12.1. The summed E-state index contributed by atoms with van der Waals surface area (Å²) < 4.78 is 0. The van der Waals surface area contributed by atoms with Gasteiger partial charge >= 0.3 is 0 Å². The minimum Gasteiger partial charge on any atom is -0.395 e. The van der Waals surface area contributed by atoms with Crippen LogP contribution in [0.3, 0.4) is 0 Å². The Kier molecular flexibility index (Phi) is 5.37. The molecule has 2 N–H and O–H groups in total. The first-order valence-electron chi connectivity index (χ1n) is 7.64. The van der Waals surface area contributed by atoms with E-state index < -0.39 is 5.54 Å². The first kappa shape index (κ1) is 15.7. The van der Waals surface area contributed by atoms with Gasteiger partial charge in [0.05, 0.1) is 12.1 Å². The van der Waals surface area contributed by atoms with Crippen molar-refractivity contribution in [3.63, 3.8) is 0 Å². The van der Waals surface area contributed by atoms with Crippen molar-refractivity contribution in [1.82, 2.24) is 20.0 Å². The average Bonchev–Trinajstić information content (AvgIpc) is 2.48. The Morgan fingerprint density at radius 1 is 1.10 bits per heavy atom. The third-order valence-corrected chi connectivity index (χ3v) is 4.51. The van der Waals surface area contributed by atoms with Crippen molar-refractivity contribution >= 4 is 5.91 Å². The summed E-state index contributed by atoms with van der Waals surface area (Å²) in [6, 6.07) is 0. The van der Waals surface area contributed by atoms with Crippen molar-refractivity contribution in [3.05, 3.63) is 0 Å². The summed E-state index contributed by atoms with van der Waals surface area (Å²) >= 11 is 0. The smallest absolute Gasteiger partial charge is 0.242 e. The van der Waals surface area contributed by atoms with E-state index >= 15 is 0 Å². The number of piperazine rings is 2. The van der Waals surface area contributed by atoms with Gasteiger partial charge in [0.1, 0.15) is 0 Å². The van der Waals surface area contributed by atoms with Gasteiger partial charge < -0.3 is 15.3 Å². The molecule has 0 radical (unpaired) electrons. The van der Waals surface area contributed by atoms with Gasteiger partial charge in [-0.15, -0.1) is 0 Å². The molecule has 0 spiro atoms. The lowest BCUT2D eigenvalue weighted by molar-refractivity contribution is -0.145. The number of aliphatic hydroxyl groups is 1. The molecule has 2 aliphatic rings. The Labute approximate surface area is 121 Å². The number of rotatable bonds is 4. The second-order valence-corrected chi connectivity index (χ2v) is 6.15. The van der Waals surface area contributed by atoms with E-state index in [1.165, 1.54) is 0 Å². The van der Waals surface area contributed by atoms with Crippen LogP contribution in [0.5, 0.6) is 0 Å². The lowest BCUT2D eigenvalue weighted by Gasteiger charge is -2.44. The Hall–Kier alpha value is -0.690. The average molecular weight is 284 g/mol. The molecule has 6 nitrogen and oxygen atoms in total. The predicted octanol–water partition coefficient (Wildman–Crippen LogP) is -1.19. The van der Waals surface area contributed by atoms with Crippen LogP contribution in [0.1, 0.15) is 13.8 Å². The number of nitrogens with one attached hydrogen (secondary N) is 1. The lowest BCUT2D eigenvalue weighted by Crippen LogP contribution is -2.62. The number of nitrogens with zero attached hydrogens (tertiary/aromatic N) is 3. The highest BCUT2D eigenvalue weighted by Crippen LogP contribution is 2.19. The maximum Gasteiger partial charge on any atom is 0.242 e. The van der Waals surface area contributed by atoms with E-state index in [2.05, 4.69) is 15.1 Å². The van der Waals surface area contributed by atoms with E-state index in [1.54, 1.807) is 0 Å². The minimum atomic E-state index is -0.415.